The van der Waals surface area contributed by atoms with Gasteiger partial charge in [0, 0.05) is 5.92 Å². The number of ether oxygens (including phenoxy) is 1. The molecule has 2 aliphatic rings. The van der Waals surface area contributed by atoms with E-state index in [-0.39, 0.29) is 5.92 Å². The lowest BCUT2D eigenvalue weighted by Gasteiger charge is -2.33. The van der Waals surface area contributed by atoms with E-state index in [0.29, 0.717) is 12.3 Å². The molecular weight excluding hydrogens is 251 g/mol. The van der Waals surface area contributed by atoms with Gasteiger partial charge in [0.25, 0.3) is 0 Å². The van der Waals surface area contributed by atoms with Crippen LogP contribution in [0, 0.1) is 11.8 Å². The van der Waals surface area contributed by atoms with Gasteiger partial charge in [0.1, 0.15) is 7.11 Å². The van der Waals surface area contributed by atoms with Crippen molar-refractivity contribution in [1.82, 2.24) is 0 Å². The molecule has 0 amide bonds. The van der Waals surface area contributed by atoms with Crippen molar-refractivity contribution in [3.63, 3.8) is 0 Å². The molecule has 0 aromatic heterocycles. The second-order valence-electron chi connectivity index (χ2n) is 4.84. The molecule has 2 fully saturated rings. The van der Waals surface area contributed by atoms with E-state index >= 15 is 0 Å². The number of rotatable bonds is 3. The summed E-state index contributed by atoms with van der Waals surface area (Å²) < 4.78 is 41.6. The normalized spacial score (nSPS) is 35.1. The zero-order valence-electron chi connectivity index (χ0n) is 9.87. The van der Waals surface area contributed by atoms with Crippen LogP contribution >= 0.6 is 0 Å². The molecule has 2 saturated carbocycles. The van der Waals surface area contributed by atoms with Crippen LogP contribution in [0.5, 0.6) is 0 Å². The fourth-order valence-electron chi connectivity index (χ4n) is 3.00. The molecule has 0 spiro atoms. The number of halogens is 3. The summed E-state index contributed by atoms with van der Waals surface area (Å²) in [5.41, 5.74) is -1.24. The van der Waals surface area contributed by atoms with E-state index in [2.05, 4.69) is 9.99 Å². The van der Waals surface area contributed by atoms with Gasteiger partial charge in [-0.25, -0.2) is 4.79 Å². The van der Waals surface area contributed by atoms with E-state index in [4.69, 9.17) is 4.74 Å². The minimum absolute atomic E-state index is 0.0901. The molecule has 2 rings (SSSR count). The molecule has 0 radical (unpaired) electrons. The Morgan fingerprint density at radius 2 is 2.17 bits per heavy atom. The van der Waals surface area contributed by atoms with Crippen LogP contribution in [-0.4, -0.2) is 31.1 Å². The molecule has 3 atom stereocenters. The number of hydrogen-bond donors (Lipinski definition) is 0. The van der Waals surface area contributed by atoms with Gasteiger partial charge in [-0.2, -0.15) is 13.2 Å². The molecule has 2 bridgehead atoms. The third-order valence-electron chi connectivity index (χ3n) is 3.73. The van der Waals surface area contributed by atoms with Gasteiger partial charge in [0.2, 0.25) is 0 Å². The first-order valence-corrected chi connectivity index (χ1v) is 5.75. The number of carbonyl (C=O) groups is 1. The maximum Gasteiger partial charge on any atom is 0.490 e. The van der Waals surface area contributed by atoms with Crippen LogP contribution in [0.4, 0.5) is 13.2 Å². The van der Waals surface area contributed by atoms with Crippen molar-refractivity contribution < 1.29 is 27.5 Å². The van der Waals surface area contributed by atoms with Crippen molar-refractivity contribution in [3.05, 3.63) is 0 Å². The van der Waals surface area contributed by atoms with Crippen molar-refractivity contribution in [3.8, 4) is 0 Å². The first kappa shape index (κ1) is 13.2. The average molecular weight is 265 g/mol. The number of esters is 1. The molecule has 18 heavy (non-hydrogen) atoms. The van der Waals surface area contributed by atoms with E-state index in [0.717, 1.165) is 19.3 Å². The minimum Gasteiger partial charge on any atom is -0.446 e. The van der Waals surface area contributed by atoms with Crippen LogP contribution in [0.3, 0.4) is 0 Å². The average Bonchev–Trinajstić information content (AvgIpc) is 2.85. The number of alkyl halides is 3. The van der Waals surface area contributed by atoms with Crippen LogP contribution < -0.4 is 0 Å². The fraction of sp³-hybridized carbons (Fsp3) is 0.818. The van der Waals surface area contributed by atoms with E-state index in [9.17, 15) is 18.0 Å². The highest BCUT2D eigenvalue weighted by atomic mass is 19.4. The number of hydrogen-bond acceptors (Lipinski definition) is 4. The summed E-state index contributed by atoms with van der Waals surface area (Å²) in [4.78, 5) is 15.5. The number of oxime groups is 1. The van der Waals surface area contributed by atoms with Gasteiger partial charge in [-0.1, -0.05) is 5.16 Å². The Kier molecular flexibility index (Phi) is 3.25. The summed E-state index contributed by atoms with van der Waals surface area (Å²) in [6, 6.07) is 0. The van der Waals surface area contributed by atoms with Crippen molar-refractivity contribution in [2.75, 3.05) is 7.11 Å². The summed E-state index contributed by atoms with van der Waals surface area (Å²) in [6.07, 6.45) is -0.869. The topological polar surface area (TPSA) is 47.9 Å². The zero-order chi connectivity index (χ0) is 13.4. The van der Waals surface area contributed by atoms with Crippen LogP contribution in [-0.2, 0) is 14.4 Å². The Hall–Kier alpha value is -1.27. The highest BCUT2D eigenvalue weighted by molar-refractivity contribution is 5.81. The lowest BCUT2D eigenvalue weighted by molar-refractivity contribution is -0.211. The summed E-state index contributed by atoms with van der Waals surface area (Å²) >= 11 is 0. The van der Waals surface area contributed by atoms with Crippen molar-refractivity contribution in [1.29, 1.82) is 0 Å². The van der Waals surface area contributed by atoms with E-state index in [1.165, 1.54) is 13.3 Å². The molecule has 0 heterocycles. The summed E-state index contributed by atoms with van der Waals surface area (Å²) in [5, 5.41) is 3.51. The van der Waals surface area contributed by atoms with E-state index in [1.54, 1.807) is 0 Å². The Bertz CT molecular complexity index is 369. The second-order valence-corrected chi connectivity index (χ2v) is 4.84. The molecule has 0 aromatic rings. The molecule has 0 N–H and O–H groups in total. The molecule has 4 nitrogen and oxygen atoms in total. The fourth-order valence-corrected chi connectivity index (χ4v) is 3.00. The maximum absolute atomic E-state index is 12.3. The predicted octanol–water partition coefficient (Wildman–Crippen LogP) is 2.28. The van der Waals surface area contributed by atoms with E-state index in [1.807, 2.05) is 0 Å². The Morgan fingerprint density at radius 1 is 1.44 bits per heavy atom. The Morgan fingerprint density at radius 3 is 2.61 bits per heavy atom. The first-order valence-electron chi connectivity index (χ1n) is 5.75. The summed E-state index contributed by atoms with van der Waals surface area (Å²) in [7, 11) is 1.29. The third kappa shape index (κ3) is 2.30. The van der Waals surface area contributed by atoms with Gasteiger partial charge in [0.15, 0.2) is 5.60 Å². The van der Waals surface area contributed by atoms with Gasteiger partial charge < -0.3 is 9.57 Å². The largest absolute Gasteiger partial charge is 0.490 e. The van der Waals surface area contributed by atoms with Gasteiger partial charge >= 0.3 is 12.1 Å². The third-order valence-corrected chi connectivity index (χ3v) is 3.73. The smallest absolute Gasteiger partial charge is 0.446 e. The van der Waals surface area contributed by atoms with Crippen molar-refractivity contribution >= 4 is 12.2 Å². The summed E-state index contributed by atoms with van der Waals surface area (Å²) in [5.74, 6) is -1.94. The van der Waals surface area contributed by atoms with Gasteiger partial charge in [0.05, 0.1) is 6.21 Å². The monoisotopic (exact) mass is 265 g/mol. The molecule has 0 unspecified atom stereocenters. The molecule has 102 valence electrons. The zero-order valence-corrected chi connectivity index (χ0v) is 9.87. The SMILES string of the molecule is CO/N=C/[C@]1(OC(=O)C(F)(F)F)C[C@H]2CC[C@@H]1C2. The van der Waals surface area contributed by atoms with Crippen LogP contribution in [0.1, 0.15) is 25.7 Å². The van der Waals surface area contributed by atoms with Crippen LogP contribution in [0.15, 0.2) is 5.16 Å². The molecule has 7 heteroatoms. The lowest BCUT2D eigenvalue weighted by atomic mass is 9.85. The highest BCUT2D eigenvalue weighted by Crippen LogP contribution is 2.52. The van der Waals surface area contributed by atoms with Crippen molar-refractivity contribution in [2.45, 2.75) is 37.5 Å². The molecule has 0 aliphatic heterocycles. The molecule has 2 aliphatic carbocycles. The number of fused-ring (bicyclic) bond motifs is 2. The Labute approximate surface area is 102 Å². The van der Waals surface area contributed by atoms with Crippen molar-refractivity contribution in [2.24, 2.45) is 17.0 Å². The lowest BCUT2D eigenvalue weighted by Crippen LogP contribution is -2.45. The Balaban J connectivity index is 2.17. The summed E-state index contributed by atoms with van der Waals surface area (Å²) in [6.45, 7) is 0. The van der Waals surface area contributed by atoms with E-state index < -0.39 is 17.7 Å². The number of nitrogens with zero attached hydrogens (tertiary/aromatic N) is 1. The van der Waals surface area contributed by atoms with Gasteiger partial charge in [-0.3, -0.25) is 0 Å². The van der Waals surface area contributed by atoms with Crippen LogP contribution in [0.2, 0.25) is 0 Å². The van der Waals surface area contributed by atoms with Gasteiger partial charge in [-0.05, 0) is 31.6 Å². The maximum atomic E-state index is 12.3. The molecule has 0 saturated heterocycles. The highest BCUT2D eigenvalue weighted by Gasteiger charge is 2.56. The van der Waals surface area contributed by atoms with Gasteiger partial charge in [-0.15, -0.1) is 0 Å². The second kappa shape index (κ2) is 4.44. The quantitative estimate of drug-likeness (QED) is 0.447. The number of carbonyl (C=O) groups excluding carboxylic acids is 1. The van der Waals surface area contributed by atoms with Crippen LogP contribution in [0.25, 0.3) is 0 Å². The molecule has 0 aromatic carbocycles. The standard InChI is InChI=1S/C11H14F3NO3/c1-17-15-6-10(18-9(16)11(12,13)14)5-7-2-3-8(10)4-7/h6-8H,2-5H2,1H3/b15-6+/t7-,8+,10+/m0/s1. The molecular formula is C11H14F3NO3. The first-order chi connectivity index (χ1) is 8.37. The predicted molar refractivity (Wildman–Crippen MR) is 55.8 cm³/mol. The minimum atomic E-state index is -4.98.